The molecule has 0 aliphatic rings. The fourth-order valence-electron chi connectivity index (χ4n) is 1.52. The quantitative estimate of drug-likeness (QED) is 0.863. The zero-order chi connectivity index (χ0) is 13.7. The molecule has 1 amide bonds. The van der Waals surface area contributed by atoms with Crippen LogP contribution in [0.3, 0.4) is 0 Å². The Bertz CT molecular complexity index is 565. The number of pyridine rings is 1. The molecular weight excluding hydrogens is 244 g/mol. The molecule has 0 aromatic carbocycles. The lowest BCUT2D eigenvalue weighted by molar-refractivity contribution is 0.102. The predicted molar refractivity (Wildman–Crippen MR) is 72.2 cm³/mol. The van der Waals surface area contributed by atoms with E-state index in [-0.39, 0.29) is 5.91 Å². The Balaban J connectivity index is 2.06. The number of carbonyl (C=O) groups is 1. The van der Waals surface area contributed by atoms with Gasteiger partial charge in [-0.2, -0.15) is 0 Å². The Kier molecular flexibility index (Phi) is 4.12. The van der Waals surface area contributed by atoms with Crippen LogP contribution < -0.4 is 10.6 Å². The van der Waals surface area contributed by atoms with Gasteiger partial charge in [-0.15, -0.1) is 0 Å². The summed E-state index contributed by atoms with van der Waals surface area (Å²) in [5.41, 5.74) is 0.335. The van der Waals surface area contributed by atoms with Crippen LogP contribution >= 0.6 is 0 Å². The normalized spacial score (nSPS) is 10.2. The first kappa shape index (κ1) is 13.1. The lowest BCUT2D eigenvalue weighted by atomic mass is 10.3. The Hall–Kier alpha value is -2.37. The monoisotopic (exact) mass is 260 g/mol. The summed E-state index contributed by atoms with van der Waals surface area (Å²) in [6, 6.07) is 6.91. The first-order valence-corrected chi connectivity index (χ1v) is 6.14. The lowest BCUT2D eigenvalue weighted by Gasteiger charge is -2.05. The molecule has 2 rings (SSSR count). The zero-order valence-electron chi connectivity index (χ0n) is 10.9. The smallest absolute Gasteiger partial charge is 0.275 e. The van der Waals surface area contributed by atoms with Crippen molar-refractivity contribution in [1.29, 1.82) is 0 Å². The number of aryl methyl sites for hydroxylation is 1. The molecule has 6 heteroatoms. The zero-order valence-corrected chi connectivity index (χ0v) is 10.9. The molecule has 100 valence electrons. The SMILES string of the molecule is CCCNc1cccc(C(=O)Nc2cc(C)on2)n1. The lowest BCUT2D eigenvalue weighted by Crippen LogP contribution is -2.15. The Morgan fingerprint density at radius 1 is 1.37 bits per heavy atom. The van der Waals surface area contributed by atoms with Crippen LogP contribution in [0.1, 0.15) is 29.6 Å². The van der Waals surface area contributed by atoms with Gasteiger partial charge in [0.1, 0.15) is 17.3 Å². The molecule has 2 N–H and O–H groups in total. The molecule has 2 aromatic heterocycles. The Morgan fingerprint density at radius 3 is 2.89 bits per heavy atom. The summed E-state index contributed by atoms with van der Waals surface area (Å²) in [6.45, 7) is 4.65. The number of hydrogen-bond acceptors (Lipinski definition) is 5. The highest BCUT2D eigenvalue weighted by atomic mass is 16.5. The number of hydrogen-bond donors (Lipinski definition) is 2. The summed E-state index contributed by atoms with van der Waals surface area (Å²) in [7, 11) is 0. The van der Waals surface area contributed by atoms with Crippen LogP contribution in [0.25, 0.3) is 0 Å². The maximum absolute atomic E-state index is 12.0. The van der Waals surface area contributed by atoms with Gasteiger partial charge in [-0.05, 0) is 25.5 Å². The van der Waals surface area contributed by atoms with Crippen LogP contribution in [0.5, 0.6) is 0 Å². The second kappa shape index (κ2) is 5.99. The topological polar surface area (TPSA) is 80.0 Å². The van der Waals surface area contributed by atoms with Crippen molar-refractivity contribution >= 4 is 17.5 Å². The highest BCUT2D eigenvalue weighted by Crippen LogP contribution is 2.10. The average molecular weight is 260 g/mol. The molecule has 0 saturated heterocycles. The molecule has 2 heterocycles. The maximum Gasteiger partial charge on any atom is 0.275 e. The van der Waals surface area contributed by atoms with Gasteiger partial charge in [0.15, 0.2) is 5.82 Å². The Morgan fingerprint density at radius 2 is 2.21 bits per heavy atom. The van der Waals surface area contributed by atoms with Crippen molar-refractivity contribution in [3.63, 3.8) is 0 Å². The third-order valence-electron chi connectivity index (χ3n) is 2.41. The minimum absolute atomic E-state index is 0.312. The van der Waals surface area contributed by atoms with Crippen molar-refractivity contribution in [1.82, 2.24) is 10.1 Å². The first-order valence-electron chi connectivity index (χ1n) is 6.14. The van der Waals surface area contributed by atoms with Gasteiger partial charge in [0.05, 0.1) is 0 Å². The van der Waals surface area contributed by atoms with Gasteiger partial charge >= 0.3 is 0 Å². The summed E-state index contributed by atoms with van der Waals surface area (Å²) < 4.78 is 4.88. The van der Waals surface area contributed by atoms with Crippen molar-refractivity contribution in [3.05, 3.63) is 35.7 Å². The molecule has 19 heavy (non-hydrogen) atoms. The van der Waals surface area contributed by atoms with Crippen molar-refractivity contribution in [2.24, 2.45) is 0 Å². The van der Waals surface area contributed by atoms with E-state index in [1.165, 1.54) is 0 Å². The van der Waals surface area contributed by atoms with E-state index in [2.05, 4.69) is 27.7 Å². The van der Waals surface area contributed by atoms with E-state index in [4.69, 9.17) is 4.52 Å². The van der Waals surface area contributed by atoms with Crippen molar-refractivity contribution in [2.45, 2.75) is 20.3 Å². The fourth-order valence-corrected chi connectivity index (χ4v) is 1.52. The first-order chi connectivity index (χ1) is 9.19. The molecule has 6 nitrogen and oxygen atoms in total. The molecule has 2 aromatic rings. The minimum Gasteiger partial charge on any atom is -0.370 e. The van der Waals surface area contributed by atoms with E-state index in [0.717, 1.165) is 13.0 Å². The number of carbonyl (C=O) groups excluding carboxylic acids is 1. The molecule has 0 unspecified atom stereocenters. The average Bonchev–Trinajstić information content (AvgIpc) is 2.82. The molecule has 0 fully saturated rings. The summed E-state index contributed by atoms with van der Waals surface area (Å²) in [5, 5.41) is 9.46. The predicted octanol–water partition coefficient (Wildman–Crippen LogP) is 2.45. The van der Waals surface area contributed by atoms with E-state index in [9.17, 15) is 4.79 Å². The maximum atomic E-state index is 12.0. The van der Waals surface area contributed by atoms with E-state index in [0.29, 0.717) is 23.1 Å². The molecule has 0 spiro atoms. The second-order valence-corrected chi connectivity index (χ2v) is 4.11. The highest BCUT2D eigenvalue weighted by Gasteiger charge is 2.10. The van der Waals surface area contributed by atoms with Gasteiger partial charge in [-0.25, -0.2) is 4.98 Å². The standard InChI is InChI=1S/C13H16N4O2/c1-3-7-14-11-6-4-5-10(15-11)13(18)16-12-8-9(2)19-17-12/h4-6,8H,3,7H2,1-2H3,(H,14,15)(H,16,17,18). The minimum atomic E-state index is -0.312. The van der Waals surface area contributed by atoms with Gasteiger partial charge in [0.25, 0.3) is 5.91 Å². The van der Waals surface area contributed by atoms with E-state index in [1.807, 2.05) is 6.07 Å². The number of nitrogens with one attached hydrogen (secondary N) is 2. The van der Waals surface area contributed by atoms with E-state index >= 15 is 0 Å². The van der Waals surface area contributed by atoms with Crippen molar-refractivity contribution in [2.75, 3.05) is 17.2 Å². The van der Waals surface area contributed by atoms with E-state index < -0.39 is 0 Å². The molecule has 0 radical (unpaired) electrons. The van der Waals surface area contributed by atoms with Crippen LogP contribution in [0, 0.1) is 6.92 Å². The van der Waals surface area contributed by atoms with Crippen LogP contribution in [0.2, 0.25) is 0 Å². The third kappa shape index (κ3) is 3.54. The molecule has 0 atom stereocenters. The molecule has 0 aliphatic carbocycles. The fraction of sp³-hybridized carbons (Fsp3) is 0.308. The van der Waals surface area contributed by atoms with Crippen LogP contribution in [0.4, 0.5) is 11.6 Å². The Labute approximate surface area is 111 Å². The molecule has 0 aliphatic heterocycles. The second-order valence-electron chi connectivity index (χ2n) is 4.11. The molecular formula is C13H16N4O2. The van der Waals surface area contributed by atoms with Gasteiger partial charge in [-0.3, -0.25) is 4.79 Å². The van der Waals surface area contributed by atoms with Gasteiger partial charge in [0.2, 0.25) is 0 Å². The number of rotatable bonds is 5. The largest absolute Gasteiger partial charge is 0.370 e. The molecule has 0 saturated carbocycles. The van der Waals surface area contributed by atoms with Crippen LogP contribution in [-0.4, -0.2) is 22.6 Å². The number of amides is 1. The highest BCUT2D eigenvalue weighted by molar-refractivity contribution is 6.02. The number of anilines is 2. The van der Waals surface area contributed by atoms with Gasteiger partial charge < -0.3 is 15.2 Å². The summed E-state index contributed by atoms with van der Waals surface area (Å²) in [6.07, 6.45) is 0.996. The van der Waals surface area contributed by atoms with Crippen molar-refractivity contribution in [3.8, 4) is 0 Å². The van der Waals surface area contributed by atoms with Gasteiger partial charge in [-0.1, -0.05) is 18.1 Å². The summed E-state index contributed by atoms with van der Waals surface area (Å²) >= 11 is 0. The van der Waals surface area contributed by atoms with Crippen LogP contribution in [-0.2, 0) is 0 Å². The molecule has 0 bridgehead atoms. The number of aromatic nitrogens is 2. The van der Waals surface area contributed by atoms with Crippen molar-refractivity contribution < 1.29 is 9.32 Å². The van der Waals surface area contributed by atoms with E-state index in [1.54, 1.807) is 25.1 Å². The third-order valence-corrected chi connectivity index (χ3v) is 2.41. The number of nitrogens with zero attached hydrogens (tertiary/aromatic N) is 2. The van der Waals surface area contributed by atoms with Gasteiger partial charge in [0, 0.05) is 12.6 Å². The summed E-state index contributed by atoms with van der Waals surface area (Å²) in [5.74, 6) is 1.40. The summed E-state index contributed by atoms with van der Waals surface area (Å²) in [4.78, 5) is 16.2. The van der Waals surface area contributed by atoms with Crippen LogP contribution in [0.15, 0.2) is 28.8 Å².